The van der Waals surface area contributed by atoms with Crippen molar-refractivity contribution in [2.24, 2.45) is 5.73 Å². The third-order valence-electron chi connectivity index (χ3n) is 3.91. The number of hydrogen-bond acceptors (Lipinski definition) is 3. The molecule has 20 heavy (non-hydrogen) atoms. The number of carbonyl (C=O) groups is 2. The quantitative estimate of drug-likeness (QED) is 0.868. The van der Waals surface area contributed by atoms with Crippen molar-refractivity contribution in [3.63, 3.8) is 0 Å². The topological polar surface area (TPSA) is 63.4 Å². The number of amides is 2. The molecule has 1 heterocycles. The van der Waals surface area contributed by atoms with Crippen LogP contribution in [-0.2, 0) is 0 Å². The molecule has 0 fully saturated rings. The molecule has 102 valence electrons. The van der Waals surface area contributed by atoms with Crippen LogP contribution in [0.1, 0.15) is 34.1 Å². The van der Waals surface area contributed by atoms with Crippen LogP contribution in [0.2, 0.25) is 0 Å². The van der Waals surface area contributed by atoms with Crippen LogP contribution in [-0.4, -0.2) is 29.3 Å². The summed E-state index contributed by atoms with van der Waals surface area (Å²) in [4.78, 5) is 26.6. The van der Waals surface area contributed by atoms with Crippen molar-refractivity contribution in [1.82, 2.24) is 4.90 Å². The van der Waals surface area contributed by atoms with Crippen molar-refractivity contribution >= 4 is 22.6 Å². The minimum absolute atomic E-state index is 0.239. The summed E-state index contributed by atoms with van der Waals surface area (Å²) >= 11 is 0. The molecule has 2 aromatic carbocycles. The van der Waals surface area contributed by atoms with E-state index < -0.39 is 0 Å². The normalized spacial score (nSPS) is 15.8. The average molecular weight is 268 g/mol. The lowest BCUT2D eigenvalue weighted by Crippen LogP contribution is -2.49. The zero-order valence-corrected chi connectivity index (χ0v) is 11.3. The lowest BCUT2D eigenvalue weighted by atomic mass is 9.93. The first-order valence-electron chi connectivity index (χ1n) is 6.78. The molecule has 1 aliphatic heterocycles. The van der Waals surface area contributed by atoms with Gasteiger partial charge in [-0.1, -0.05) is 31.2 Å². The van der Waals surface area contributed by atoms with Crippen molar-refractivity contribution in [3.8, 4) is 0 Å². The van der Waals surface area contributed by atoms with Crippen LogP contribution < -0.4 is 5.73 Å². The van der Waals surface area contributed by atoms with Gasteiger partial charge in [0.15, 0.2) is 0 Å². The Labute approximate surface area is 117 Å². The first kappa shape index (κ1) is 12.8. The molecule has 2 amide bonds. The maximum absolute atomic E-state index is 12.6. The molecule has 1 aliphatic rings. The lowest BCUT2D eigenvalue weighted by Gasteiger charge is -2.32. The van der Waals surface area contributed by atoms with Gasteiger partial charge in [-0.25, -0.2) is 0 Å². The second kappa shape index (κ2) is 4.72. The largest absolute Gasteiger partial charge is 0.328 e. The third-order valence-corrected chi connectivity index (χ3v) is 3.91. The summed E-state index contributed by atoms with van der Waals surface area (Å²) in [6.45, 7) is 2.21. The first-order valence-corrected chi connectivity index (χ1v) is 6.78. The first-order chi connectivity index (χ1) is 9.69. The van der Waals surface area contributed by atoms with Gasteiger partial charge in [-0.05, 0) is 23.9 Å². The van der Waals surface area contributed by atoms with Gasteiger partial charge in [-0.2, -0.15) is 0 Å². The van der Waals surface area contributed by atoms with Gasteiger partial charge in [0, 0.05) is 23.1 Å². The van der Waals surface area contributed by atoms with E-state index in [1.165, 1.54) is 4.90 Å². The Morgan fingerprint density at radius 1 is 1.05 bits per heavy atom. The summed E-state index contributed by atoms with van der Waals surface area (Å²) in [7, 11) is 0. The number of hydrogen-bond donors (Lipinski definition) is 1. The molecule has 0 aromatic heterocycles. The van der Waals surface area contributed by atoms with Crippen LogP contribution in [0.25, 0.3) is 10.8 Å². The van der Waals surface area contributed by atoms with E-state index >= 15 is 0 Å². The molecule has 0 saturated carbocycles. The van der Waals surface area contributed by atoms with E-state index in [-0.39, 0.29) is 24.4 Å². The highest BCUT2D eigenvalue weighted by Gasteiger charge is 2.35. The fourth-order valence-corrected chi connectivity index (χ4v) is 2.84. The Morgan fingerprint density at radius 3 is 2.05 bits per heavy atom. The highest BCUT2D eigenvalue weighted by Crippen LogP contribution is 2.31. The smallest absolute Gasteiger partial charge is 0.261 e. The number of carbonyl (C=O) groups excluding carboxylic acids is 2. The highest BCUT2D eigenvalue weighted by atomic mass is 16.2. The maximum Gasteiger partial charge on any atom is 0.261 e. The standard InChI is InChI=1S/C16H16N2O2/c1-2-11(9-17)18-15(19)12-7-3-5-10-6-4-8-13(14(10)12)16(18)20/h3-8,11H,2,9,17H2,1H3. The summed E-state index contributed by atoms with van der Waals surface area (Å²) in [5, 5.41) is 1.68. The number of imide groups is 1. The molecule has 0 saturated heterocycles. The third kappa shape index (κ3) is 1.65. The second-order valence-electron chi connectivity index (χ2n) is 4.99. The minimum atomic E-state index is -0.251. The SMILES string of the molecule is CCC(CN)N1C(=O)c2cccc3cccc(c23)C1=O. The summed E-state index contributed by atoms with van der Waals surface area (Å²) in [5.41, 5.74) is 6.88. The minimum Gasteiger partial charge on any atom is -0.328 e. The summed E-state index contributed by atoms with van der Waals surface area (Å²) < 4.78 is 0. The van der Waals surface area contributed by atoms with Crippen LogP contribution in [0.3, 0.4) is 0 Å². The van der Waals surface area contributed by atoms with Crippen molar-refractivity contribution < 1.29 is 9.59 Å². The molecule has 4 nitrogen and oxygen atoms in total. The molecule has 0 bridgehead atoms. The van der Waals surface area contributed by atoms with Gasteiger partial charge in [-0.3, -0.25) is 14.5 Å². The van der Waals surface area contributed by atoms with Gasteiger partial charge >= 0.3 is 0 Å². The molecular formula is C16H16N2O2. The molecular weight excluding hydrogens is 252 g/mol. The van der Waals surface area contributed by atoms with Gasteiger partial charge in [0.05, 0.1) is 6.04 Å². The van der Waals surface area contributed by atoms with Crippen molar-refractivity contribution in [2.45, 2.75) is 19.4 Å². The molecule has 3 rings (SSSR count). The molecule has 2 aromatic rings. The predicted molar refractivity (Wildman–Crippen MR) is 77.6 cm³/mol. The van der Waals surface area contributed by atoms with E-state index in [2.05, 4.69) is 0 Å². The maximum atomic E-state index is 12.6. The van der Waals surface area contributed by atoms with Gasteiger partial charge in [0.2, 0.25) is 0 Å². The Balaban J connectivity index is 2.26. The van der Waals surface area contributed by atoms with Crippen LogP contribution in [0, 0.1) is 0 Å². The van der Waals surface area contributed by atoms with E-state index in [0.717, 1.165) is 10.8 Å². The fourth-order valence-electron chi connectivity index (χ4n) is 2.84. The number of nitrogens with two attached hydrogens (primary N) is 1. The van der Waals surface area contributed by atoms with Crippen LogP contribution in [0.4, 0.5) is 0 Å². The zero-order valence-electron chi connectivity index (χ0n) is 11.3. The van der Waals surface area contributed by atoms with E-state index in [1.54, 1.807) is 12.1 Å². The Bertz CT molecular complexity index is 654. The Hall–Kier alpha value is -2.20. The van der Waals surface area contributed by atoms with Crippen LogP contribution in [0.5, 0.6) is 0 Å². The molecule has 1 unspecified atom stereocenters. The van der Waals surface area contributed by atoms with Crippen LogP contribution >= 0.6 is 0 Å². The molecule has 4 heteroatoms. The molecule has 0 radical (unpaired) electrons. The number of nitrogens with zero attached hydrogens (tertiary/aromatic N) is 1. The lowest BCUT2D eigenvalue weighted by molar-refractivity contribution is 0.0540. The van der Waals surface area contributed by atoms with E-state index in [0.29, 0.717) is 17.5 Å². The number of rotatable bonds is 3. The zero-order chi connectivity index (χ0) is 14.3. The summed E-state index contributed by atoms with van der Waals surface area (Å²) in [6.07, 6.45) is 0.659. The van der Waals surface area contributed by atoms with Gasteiger partial charge < -0.3 is 5.73 Å². The van der Waals surface area contributed by atoms with Crippen molar-refractivity contribution in [2.75, 3.05) is 6.54 Å². The Kier molecular flexibility index (Phi) is 3.03. The predicted octanol–water partition coefficient (Wildman–Crippen LogP) is 2.17. The van der Waals surface area contributed by atoms with E-state index in [4.69, 9.17) is 5.73 Å². The monoisotopic (exact) mass is 268 g/mol. The fraction of sp³-hybridized carbons (Fsp3) is 0.250. The average Bonchev–Trinajstić information content (AvgIpc) is 2.49. The highest BCUT2D eigenvalue weighted by molar-refractivity contribution is 6.25. The van der Waals surface area contributed by atoms with Gasteiger partial charge in [0.25, 0.3) is 11.8 Å². The van der Waals surface area contributed by atoms with E-state index in [9.17, 15) is 9.59 Å². The molecule has 0 aliphatic carbocycles. The van der Waals surface area contributed by atoms with Crippen molar-refractivity contribution in [3.05, 3.63) is 47.5 Å². The van der Waals surface area contributed by atoms with Crippen LogP contribution in [0.15, 0.2) is 36.4 Å². The molecule has 2 N–H and O–H groups in total. The van der Waals surface area contributed by atoms with E-state index in [1.807, 2.05) is 31.2 Å². The summed E-state index contributed by atoms with van der Waals surface area (Å²) in [5.74, 6) is -0.479. The molecule has 0 spiro atoms. The van der Waals surface area contributed by atoms with Crippen molar-refractivity contribution in [1.29, 1.82) is 0 Å². The van der Waals surface area contributed by atoms with Gasteiger partial charge in [0.1, 0.15) is 0 Å². The number of benzene rings is 2. The molecule has 1 atom stereocenters. The summed E-state index contributed by atoms with van der Waals surface area (Å²) in [6, 6.07) is 10.8. The second-order valence-corrected chi connectivity index (χ2v) is 4.99. The Morgan fingerprint density at radius 2 is 1.60 bits per heavy atom. The van der Waals surface area contributed by atoms with Gasteiger partial charge in [-0.15, -0.1) is 0 Å².